The van der Waals surface area contributed by atoms with E-state index in [1.54, 1.807) is 18.2 Å². The van der Waals surface area contributed by atoms with Gasteiger partial charge in [0.25, 0.3) is 5.91 Å². The molecule has 42 heavy (non-hydrogen) atoms. The van der Waals surface area contributed by atoms with E-state index in [0.717, 1.165) is 17.8 Å². The number of aryl methyl sites for hydroxylation is 1. The number of rotatable bonds is 9. The molecule has 2 aromatic heterocycles. The van der Waals surface area contributed by atoms with Gasteiger partial charge in [-0.05, 0) is 37.0 Å². The molecule has 2 amide bonds. The Morgan fingerprint density at radius 2 is 1.62 bits per heavy atom. The van der Waals surface area contributed by atoms with Gasteiger partial charge in [-0.15, -0.1) is 11.3 Å². The topological polar surface area (TPSA) is 99.8 Å². The highest BCUT2D eigenvalue weighted by Gasteiger charge is 2.30. The van der Waals surface area contributed by atoms with Crippen molar-refractivity contribution in [2.75, 3.05) is 0 Å². The first-order valence-corrected chi connectivity index (χ1v) is 13.9. The summed E-state index contributed by atoms with van der Waals surface area (Å²) >= 11 is 0.945. The third-order valence-corrected chi connectivity index (χ3v) is 7.02. The number of benzene rings is 1. The molecule has 1 saturated carbocycles. The van der Waals surface area contributed by atoms with Gasteiger partial charge in [-0.3, -0.25) is 9.59 Å². The molecule has 2 heterocycles. The Hall–Kier alpha value is -3.30. The van der Waals surface area contributed by atoms with E-state index in [0.29, 0.717) is 35.3 Å². The van der Waals surface area contributed by atoms with Crippen LogP contribution in [0.4, 0.5) is 35.1 Å². The first-order chi connectivity index (χ1) is 19.6. The van der Waals surface area contributed by atoms with Crippen LogP contribution in [0.15, 0.2) is 23.6 Å². The largest absolute Gasteiger partial charge is 0.389 e. The van der Waals surface area contributed by atoms with Crippen LogP contribution in [0.1, 0.15) is 78.3 Å². The quantitative estimate of drug-likeness (QED) is 0.223. The van der Waals surface area contributed by atoms with Crippen molar-refractivity contribution < 1.29 is 44.7 Å². The molecule has 0 saturated heterocycles. The molecule has 0 spiro atoms. The second-order valence-electron chi connectivity index (χ2n) is 9.79. The number of hydrogen-bond donors (Lipinski definition) is 3. The van der Waals surface area contributed by atoms with Crippen LogP contribution in [0, 0.1) is 0 Å². The van der Waals surface area contributed by atoms with Gasteiger partial charge in [-0.25, -0.2) is 18.7 Å². The summed E-state index contributed by atoms with van der Waals surface area (Å²) in [6, 6.07) is 4.99. The highest BCUT2D eigenvalue weighted by atomic mass is 32.1. The van der Waals surface area contributed by atoms with E-state index in [-0.39, 0.29) is 43.1 Å². The number of hydrogen-bond acceptors (Lipinski definition) is 5. The molecule has 0 bridgehead atoms. The summed E-state index contributed by atoms with van der Waals surface area (Å²) in [6.07, 6.45) is -9.20. The Bertz CT molecular complexity index is 1330. The van der Waals surface area contributed by atoms with E-state index < -0.39 is 49.4 Å². The van der Waals surface area contributed by atoms with Crippen LogP contribution < -0.4 is 10.6 Å². The summed E-state index contributed by atoms with van der Waals surface area (Å²) in [4.78, 5) is 35.0. The van der Waals surface area contributed by atoms with Crippen molar-refractivity contribution in [2.24, 2.45) is 0 Å². The molecule has 232 valence electrons. The molecule has 1 aromatic carbocycles. The lowest BCUT2D eigenvalue weighted by Gasteiger charge is -2.20. The normalized spacial score (nSPS) is 15.1. The number of carbonyl (C=O) groups excluding carboxylic acids is 2. The zero-order valence-electron chi connectivity index (χ0n) is 22.2. The fraction of sp³-hybridized carbons (Fsp3) is 0.538. The fourth-order valence-corrected chi connectivity index (χ4v) is 4.72. The number of aromatic amines is 1. The number of imidazole rings is 1. The number of nitrogens with one attached hydrogen (secondary N) is 3. The van der Waals surface area contributed by atoms with Crippen molar-refractivity contribution in [3.05, 3.63) is 45.7 Å². The number of thiazole rings is 1. The van der Waals surface area contributed by atoms with Crippen molar-refractivity contribution in [1.82, 2.24) is 25.6 Å². The fourth-order valence-electron chi connectivity index (χ4n) is 3.95. The number of halogens is 8. The van der Waals surface area contributed by atoms with Crippen LogP contribution in [0.3, 0.4) is 0 Å². The Labute approximate surface area is 239 Å². The van der Waals surface area contributed by atoms with E-state index in [2.05, 4.69) is 25.6 Å². The number of alkyl halides is 8. The molecular formula is C26H29F8N5O2S. The Balaban J connectivity index is 0.000000521. The standard InChI is InChI=1S/C20H19F6N5O2S.C6H10F2/c21-19(22,23)5-3-12-10-34-18(29-12)17(33)28-9-15-30-13-2-1-11(7-14(13)31-15)8-27-16(32)4-6-20(24,25)26;7-6(8)4-2-1-3-5-6/h1-2,7,10H,3-6,8-9H2,(H,27,32)(H,28,33)(H,30,31);1-5H2. The number of carbonyl (C=O) groups is 2. The first-order valence-electron chi connectivity index (χ1n) is 13.1. The number of aromatic nitrogens is 3. The second-order valence-corrected chi connectivity index (χ2v) is 10.6. The Morgan fingerprint density at radius 3 is 2.24 bits per heavy atom. The van der Waals surface area contributed by atoms with Crippen LogP contribution >= 0.6 is 11.3 Å². The third kappa shape index (κ3) is 11.9. The van der Waals surface area contributed by atoms with E-state index in [1.165, 1.54) is 5.38 Å². The minimum atomic E-state index is -4.40. The lowest BCUT2D eigenvalue weighted by atomic mass is 9.97. The van der Waals surface area contributed by atoms with Crippen molar-refractivity contribution in [1.29, 1.82) is 0 Å². The minimum Gasteiger partial charge on any atom is -0.352 e. The van der Waals surface area contributed by atoms with Crippen LogP contribution in [0.5, 0.6) is 0 Å². The van der Waals surface area contributed by atoms with Gasteiger partial charge < -0.3 is 15.6 Å². The molecule has 7 nitrogen and oxygen atoms in total. The summed E-state index contributed by atoms with van der Waals surface area (Å²) in [5.41, 5.74) is 1.99. The van der Waals surface area contributed by atoms with Gasteiger partial charge >= 0.3 is 12.4 Å². The highest BCUT2D eigenvalue weighted by molar-refractivity contribution is 7.11. The molecule has 4 rings (SSSR count). The summed E-state index contributed by atoms with van der Waals surface area (Å²) in [5, 5.41) is 6.46. The van der Waals surface area contributed by atoms with Crippen LogP contribution in [-0.2, 0) is 24.3 Å². The Morgan fingerprint density at radius 1 is 0.929 bits per heavy atom. The maximum atomic E-state index is 12.3. The molecule has 0 aliphatic heterocycles. The Kier molecular flexibility index (Phi) is 11.3. The lowest BCUT2D eigenvalue weighted by molar-refractivity contribution is -0.144. The van der Waals surface area contributed by atoms with E-state index in [4.69, 9.17) is 0 Å². The summed E-state index contributed by atoms with van der Waals surface area (Å²) < 4.78 is 97.9. The molecule has 16 heteroatoms. The van der Waals surface area contributed by atoms with Gasteiger partial charge in [-0.1, -0.05) is 12.5 Å². The molecule has 1 aliphatic rings. The molecule has 1 fully saturated rings. The number of amides is 2. The second kappa shape index (κ2) is 14.2. The van der Waals surface area contributed by atoms with Gasteiger partial charge in [0.1, 0.15) is 5.82 Å². The predicted octanol–water partition coefficient (Wildman–Crippen LogP) is 6.99. The summed E-state index contributed by atoms with van der Waals surface area (Å²) in [7, 11) is 0. The minimum absolute atomic E-state index is 0.00842. The van der Waals surface area contributed by atoms with Gasteiger partial charge in [0.05, 0.1) is 29.7 Å². The molecule has 0 radical (unpaired) electrons. The van der Waals surface area contributed by atoms with E-state index >= 15 is 0 Å². The van der Waals surface area contributed by atoms with Gasteiger partial charge in [-0.2, -0.15) is 26.3 Å². The smallest absolute Gasteiger partial charge is 0.352 e. The van der Waals surface area contributed by atoms with Crippen LogP contribution in [0.2, 0.25) is 0 Å². The molecule has 1 aliphatic carbocycles. The summed E-state index contributed by atoms with van der Waals surface area (Å²) in [6.45, 7) is 0.0485. The number of nitrogens with zero attached hydrogens (tertiary/aromatic N) is 2. The van der Waals surface area contributed by atoms with Gasteiger partial charge in [0, 0.05) is 37.6 Å². The number of fused-ring (bicyclic) bond motifs is 1. The number of H-pyrrole nitrogens is 1. The SMILES string of the molecule is FC1(F)CCCCC1.O=C(CCC(F)(F)F)NCc1ccc2nc(CNC(=O)c3nc(CCC(F)(F)F)cs3)[nH]c2c1. The molecule has 0 unspecified atom stereocenters. The van der Waals surface area contributed by atoms with Crippen molar-refractivity contribution in [2.45, 2.75) is 89.2 Å². The van der Waals surface area contributed by atoms with Crippen LogP contribution in [-0.4, -0.2) is 45.0 Å². The highest BCUT2D eigenvalue weighted by Crippen LogP contribution is 2.32. The average molecular weight is 628 g/mol. The van der Waals surface area contributed by atoms with Gasteiger partial charge in [0.15, 0.2) is 5.01 Å². The van der Waals surface area contributed by atoms with Crippen LogP contribution in [0.25, 0.3) is 11.0 Å². The van der Waals surface area contributed by atoms with E-state index in [9.17, 15) is 44.7 Å². The molecule has 3 N–H and O–H groups in total. The maximum Gasteiger partial charge on any atom is 0.389 e. The van der Waals surface area contributed by atoms with Crippen molar-refractivity contribution in [3.8, 4) is 0 Å². The molecule has 3 aromatic rings. The monoisotopic (exact) mass is 627 g/mol. The average Bonchev–Trinajstić information content (AvgIpc) is 3.54. The maximum absolute atomic E-state index is 12.3. The zero-order chi connectivity index (χ0) is 31.0. The zero-order valence-corrected chi connectivity index (χ0v) is 23.0. The molecular weight excluding hydrogens is 598 g/mol. The van der Waals surface area contributed by atoms with Crippen molar-refractivity contribution >= 4 is 34.2 Å². The molecule has 0 atom stereocenters. The predicted molar refractivity (Wildman–Crippen MR) is 139 cm³/mol. The first kappa shape index (κ1) is 33.2. The van der Waals surface area contributed by atoms with Crippen molar-refractivity contribution in [3.63, 3.8) is 0 Å². The van der Waals surface area contributed by atoms with Gasteiger partial charge in [0.2, 0.25) is 11.8 Å². The third-order valence-electron chi connectivity index (χ3n) is 6.13. The lowest BCUT2D eigenvalue weighted by Crippen LogP contribution is -2.24. The van der Waals surface area contributed by atoms with E-state index in [1.807, 2.05) is 0 Å². The summed E-state index contributed by atoms with van der Waals surface area (Å²) in [5.74, 6) is -3.18.